The number of hydrogen-bond acceptors (Lipinski definition) is 5. The fourth-order valence-electron chi connectivity index (χ4n) is 1.72. The van der Waals surface area contributed by atoms with Gasteiger partial charge in [0, 0.05) is 23.7 Å². The van der Waals surface area contributed by atoms with Gasteiger partial charge in [-0.05, 0) is 42.3 Å². The molecule has 0 amide bonds. The summed E-state index contributed by atoms with van der Waals surface area (Å²) in [5.74, 6) is 0. The highest BCUT2D eigenvalue weighted by atomic mass is 32.2. The SMILES string of the molecule is C/C(=C\S(=O)(=O)c1ccccn1)c1ccc([N+](=O)[O-])cc1. The van der Waals surface area contributed by atoms with Gasteiger partial charge >= 0.3 is 0 Å². The first-order valence-electron chi connectivity index (χ1n) is 5.99. The zero-order valence-corrected chi connectivity index (χ0v) is 11.9. The van der Waals surface area contributed by atoms with Gasteiger partial charge in [0.15, 0.2) is 5.03 Å². The molecule has 7 heteroatoms. The number of hydrogen-bond donors (Lipinski definition) is 0. The lowest BCUT2D eigenvalue weighted by Crippen LogP contribution is -2.00. The van der Waals surface area contributed by atoms with Crippen molar-refractivity contribution in [1.82, 2.24) is 4.98 Å². The largest absolute Gasteiger partial charge is 0.269 e. The molecule has 108 valence electrons. The third-order valence-corrected chi connectivity index (χ3v) is 4.28. The summed E-state index contributed by atoms with van der Waals surface area (Å²) in [6.07, 6.45) is 1.40. The molecule has 0 spiro atoms. The van der Waals surface area contributed by atoms with E-state index in [1.165, 1.54) is 36.5 Å². The summed E-state index contributed by atoms with van der Waals surface area (Å²) >= 11 is 0. The van der Waals surface area contributed by atoms with Crippen LogP contribution in [0.15, 0.2) is 59.1 Å². The molecule has 0 aliphatic rings. The standard InChI is InChI=1S/C14H12N2O4S/c1-11(12-5-7-13(8-6-12)16(17)18)10-21(19,20)14-4-2-3-9-15-14/h2-10H,1H3/b11-10+. The Hall–Kier alpha value is -2.54. The van der Waals surface area contributed by atoms with Gasteiger partial charge in [-0.1, -0.05) is 6.07 Å². The molecule has 0 saturated heterocycles. The summed E-state index contributed by atoms with van der Waals surface area (Å²) in [4.78, 5) is 13.9. The van der Waals surface area contributed by atoms with Crippen molar-refractivity contribution in [3.8, 4) is 0 Å². The van der Waals surface area contributed by atoms with Crippen LogP contribution in [-0.4, -0.2) is 18.3 Å². The van der Waals surface area contributed by atoms with Crippen molar-refractivity contribution in [3.63, 3.8) is 0 Å². The molecule has 1 aromatic heterocycles. The second kappa shape index (κ2) is 5.84. The number of sulfone groups is 1. The van der Waals surface area contributed by atoms with Gasteiger partial charge in [-0.3, -0.25) is 10.1 Å². The van der Waals surface area contributed by atoms with E-state index < -0.39 is 14.8 Å². The molecule has 0 bridgehead atoms. The summed E-state index contributed by atoms with van der Waals surface area (Å²) in [5.41, 5.74) is 1.04. The van der Waals surface area contributed by atoms with E-state index in [1.54, 1.807) is 19.1 Å². The predicted octanol–water partition coefficient (Wildman–Crippen LogP) is 2.82. The van der Waals surface area contributed by atoms with Crippen LogP contribution in [0.25, 0.3) is 5.57 Å². The molecule has 2 rings (SSSR count). The smallest absolute Gasteiger partial charge is 0.258 e. The molecule has 21 heavy (non-hydrogen) atoms. The minimum Gasteiger partial charge on any atom is -0.258 e. The fourth-order valence-corrected chi connectivity index (χ4v) is 2.92. The van der Waals surface area contributed by atoms with Gasteiger partial charge in [0.1, 0.15) is 0 Å². The van der Waals surface area contributed by atoms with Crippen LogP contribution in [0.2, 0.25) is 0 Å². The summed E-state index contributed by atoms with van der Waals surface area (Å²) in [5, 5.41) is 11.7. The molecule has 0 N–H and O–H groups in total. The van der Waals surface area contributed by atoms with Crippen molar-refractivity contribution in [2.75, 3.05) is 0 Å². The Morgan fingerprint density at radius 2 is 1.86 bits per heavy atom. The molecule has 0 aliphatic heterocycles. The van der Waals surface area contributed by atoms with Crippen molar-refractivity contribution in [3.05, 3.63) is 69.7 Å². The highest BCUT2D eigenvalue weighted by molar-refractivity contribution is 7.94. The van der Waals surface area contributed by atoms with E-state index in [0.717, 1.165) is 5.41 Å². The van der Waals surface area contributed by atoms with Crippen molar-refractivity contribution in [1.29, 1.82) is 0 Å². The maximum atomic E-state index is 12.1. The Morgan fingerprint density at radius 1 is 1.19 bits per heavy atom. The molecule has 0 saturated carbocycles. The van der Waals surface area contributed by atoms with Crippen LogP contribution in [0.5, 0.6) is 0 Å². The molecule has 6 nitrogen and oxygen atoms in total. The van der Waals surface area contributed by atoms with Crippen LogP contribution < -0.4 is 0 Å². The van der Waals surface area contributed by atoms with Crippen molar-refractivity contribution in [2.24, 2.45) is 0 Å². The van der Waals surface area contributed by atoms with E-state index in [-0.39, 0.29) is 10.7 Å². The minimum atomic E-state index is -3.64. The first-order chi connectivity index (χ1) is 9.90. The number of aromatic nitrogens is 1. The minimum absolute atomic E-state index is 0.0359. The lowest BCUT2D eigenvalue weighted by molar-refractivity contribution is -0.384. The van der Waals surface area contributed by atoms with Gasteiger partial charge in [-0.2, -0.15) is 0 Å². The van der Waals surface area contributed by atoms with E-state index in [2.05, 4.69) is 4.98 Å². The van der Waals surface area contributed by atoms with Crippen molar-refractivity contribution >= 4 is 21.1 Å². The van der Waals surface area contributed by atoms with E-state index >= 15 is 0 Å². The highest BCUT2D eigenvalue weighted by Crippen LogP contribution is 2.21. The van der Waals surface area contributed by atoms with Crippen LogP contribution in [0, 0.1) is 10.1 Å². The van der Waals surface area contributed by atoms with Crippen LogP contribution in [0.3, 0.4) is 0 Å². The second-order valence-electron chi connectivity index (χ2n) is 4.32. The Balaban J connectivity index is 2.35. The summed E-state index contributed by atoms with van der Waals surface area (Å²) in [7, 11) is -3.64. The first-order valence-corrected chi connectivity index (χ1v) is 7.54. The van der Waals surface area contributed by atoms with E-state index in [0.29, 0.717) is 11.1 Å². The van der Waals surface area contributed by atoms with Gasteiger partial charge < -0.3 is 0 Å². The lowest BCUT2D eigenvalue weighted by Gasteiger charge is -2.03. The quantitative estimate of drug-likeness (QED) is 0.640. The average molecular weight is 304 g/mol. The van der Waals surface area contributed by atoms with Crippen LogP contribution in [-0.2, 0) is 9.84 Å². The molecule has 1 aromatic carbocycles. The topological polar surface area (TPSA) is 90.2 Å². The van der Waals surface area contributed by atoms with Crippen molar-refractivity contribution in [2.45, 2.75) is 11.9 Å². The van der Waals surface area contributed by atoms with Gasteiger partial charge in [-0.15, -0.1) is 0 Å². The Labute approximate surface area is 121 Å². The molecule has 0 aliphatic carbocycles. The van der Waals surface area contributed by atoms with Crippen LogP contribution >= 0.6 is 0 Å². The molecule has 0 atom stereocenters. The Bertz CT molecular complexity index is 781. The number of nitrogens with zero attached hydrogens (tertiary/aromatic N) is 2. The van der Waals surface area contributed by atoms with E-state index in [4.69, 9.17) is 0 Å². The summed E-state index contributed by atoms with van der Waals surface area (Å²) in [6.45, 7) is 1.63. The summed E-state index contributed by atoms with van der Waals surface area (Å²) < 4.78 is 24.3. The van der Waals surface area contributed by atoms with Gasteiger partial charge in [-0.25, -0.2) is 13.4 Å². The molecule has 0 unspecified atom stereocenters. The monoisotopic (exact) mass is 304 g/mol. The zero-order chi connectivity index (χ0) is 15.5. The zero-order valence-electron chi connectivity index (χ0n) is 11.1. The number of rotatable bonds is 4. The Morgan fingerprint density at radius 3 is 2.38 bits per heavy atom. The number of benzene rings is 1. The molecular formula is C14H12N2O4S. The Kier molecular flexibility index (Phi) is 4.13. The third-order valence-electron chi connectivity index (χ3n) is 2.79. The number of allylic oxidation sites excluding steroid dienone is 1. The van der Waals surface area contributed by atoms with E-state index in [1.807, 2.05) is 0 Å². The molecule has 2 aromatic rings. The van der Waals surface area contributed by atoms with Crippen LogP contribution in [0.4, 0.5) is 5.69 Å². The maximum Gasteiger partial charge on any atom is 0.269 e. The highest BCUT2D eigenvalue weighted by Gasteiger charge is 2.13. The lowest BCUT2D eigenvalue weighted by atomic mass is 10.1. The number of non-ortho nitro benzene ring substituents is 1. The number of nitro groups is 1. The van der Waals surface area contributed by atoms with E-state index in [9.17, 15) is 18.5 Å². The van der Waals surface area contributed by atoms with Gasteiger partial charge in [0.25, 0.3) is 5.69 Å². The molecule has 0 fully saturated rings. The normalized spacial score (nSPS) is 12.1. The summed E-state index contributed by atoms with van der Waals surface area (Å²) in [6, 6.07) is 10.3. The molecule has 0 radical (unpaired) electrons. The second-order valence-corrected chi connectivity index (χ2v) is 6.06. The van der Waals surface area contributed by atoms with Gasteiger partial charge in [0.2, 0.25) is 9.84 Å². The predicted molar refractivity (Wildman–Crippen MR) is 78.2 cm³/mol. The average Bonchev–Trinajstić information content (AvgIpc) is 2.48. The van der Waals surface area contributed by atoms with Crippen LogP contribution in [0.1, 0.15) is 12.5 Å². The third kappa shape index (κ3) is 3.51. The number of pyridine rings is 1. The molecule has 1 heterocycles. The van der Waals surface area contributed by atoms with Crippen molar-refractivity contribution < 1.29 is 13.3 Å². The molecular weight excluding hydrogens is 292 g/mol. The maximum absolute atomic E-state index is 12.1. The fraction of sp³-hybridized carbons (Fsp3) is 0.0714. The van der Waals surface area contributed by atoms with Gasteiger partial charge in [0.05, 0.1) is 4.92 Å². The first kappa shape index (κ1) is 14.9. The number of nitro benzene ring substituents is 1.